The summed E-state index contributed by atoms with van der Waals surface area (Å²) in [5.74, 6) is 0. The topological polar surface area (TPSA) is 147 Å². The Morgan fingerprint density at radius 3 is 0.714 bits per heavy atom. The number of rotatable bonds is 0. The van der Waals surface area contributed by atoms with Crippen molar-refractivity contribution in [3.8, 4) is 0 Å². The van der Waals surface area contributed by atoms with Gasteiger partial charge in [-0.2, -0.15) is 0 Å². The zero-order chi connectivity index (χ0) is 0. The van der Waals surface area contributed by atoms with Crippen molar-refractivity contribution in [3.05, 3.63) is 0 Å². The van der Waals surface area contributed by atoms with E-state index in [9.17, 15) is 0 Å². The van der Waals surface area contributed by atoms with Crippen LogP contribution in [0.1, 0.15) is 0 Å². The van der Waals surface area contributed by atoms with Crippen LogP contribution in [0.4, 0.5) is 0 Å². The van der Waals surface area contributed by atoms with Crippen molar-refractivity contribution >= 4 is 0 Å². The predicted molar refractivity (Wildman–Crippen MR) is 7.61 cm³/mol. The van der Waals surface area contributed by atoms with E-state index in [-0.39, 0.29) is 66.5 Å². The molecule has 0 spiro atoms. The van der Waals surface area contributed by atoms with Crippen LogP contribution in [0.5, 0.6) is 0 Å². The van der Waals surface area contributed by atoms with E-state index in [2.05, 4.69) is 0 Å². The second-order valence-corrected chi connectivity index (χ2v) is 0. The predicted octanol–water partition coefficient (Wildman–Crippen LogP) is -1.36. The average Bonchev–Trinajstić information content (AvgIpc) is 0. The third-order valence-corrected chi connectivity index (χ3v) is 0. The molecule has 7 heavy (non-hydrogen) atoms. The summed E-state index contributed by atoms with van der Waals surface area (Å²) in [6, 6.07) is 0. The van der Waals surface area contributed by atoms with E-state index in [0.717, 1.165) is 0 Å². The van der Waals surface area contributed by atoms with Gasteiger partial charge >= 0.3 is 39.2 Å². The summed E-state index contributed by atoms with van der Waals surface area (Å²) in [7, 11) is 0. The molecule has 0 aromatic carbocycles. The maximum Gasteiger partial charge on any atom is 5.00 e. The fourth-order valence-electron chi connectivity index (χ4n) is 0. The van der Waals surface area contributed by atoms with Crippen LogP contribution in [0.25, 0.3) is 0 Å². The zero-order valence-electron chi connectivity index (χ0n) is 2.95. The maximum absolute atomic E-state index is 0. The van der Waals surface area contributed by atoms with Crippen LogP contribution in [0.2, 0.25) is 0 Å². The zero-order valence-corrected chi connectivity index (χ0v) is 7.21. The first kappa shape index (κ1) is 365. The molecule has 0 amide bonds. The minimum atomic E-state index is 0. The summed E-state index contributed by atoms with van der Waals surface area (Å²) in [5, 5.41) is 0. The van der Waals surface area contributed by atoms with Crippen molar-refractivity contribution in [2.75, 3.05) is 0 Å². The van der Waals surface area contributed by atoms with Crippen molar-refractivity contribution in [2.24, 2.45) is 0 Å². The van der Waals surface area contributed by atoms with Gasteiger partial charge in [-0.3, -0.25) is 0 Å². The molecule has 0 saturated carbocycles. The Labute approximate surface area is 66.7 Å². The molecule has 0 aromatic heterocycles. The van der Waals surface area contributed by atoms with Crippen molar-refractivity contribution in [3.63, 3.8) is 0 Å². The van der Waals surface area contributed by atoms with Crippen molar-refractivity contribution in [2.45, 2.75) is 0 Å². The van der Waals surface area contributed by atoms with Gasteiger partial charge in [-0.05, 0) is 0 Å². The molecule has 1 radical (unpaired) electrons. The number of hydrogen-bond donors (Lipinski definition) is 0. The van der Waals surface area contributed by atoms with E-state index in [1.807, 2.05) is 0 Å². The molecule has 0 rings (SSSR count). The molecule has 0 atom stereocenters. The van der Waals surface area contributed by atoms with Gasteiger partial charge in [-0.1, -0.05) is 0 Å². The number of hydrogen-bond acceptors (Lipinski definition) is 1. The van der Waals surface area contributed by atoms with Crippen molar-refractivity contribution < 1.29 is 66.5 Å². The third kappa shape index (κ3) is 164. The van der Waals surface area contributed by atoms with Crippen LogP contribution in [0.15, 0.2) is 0 Å². The molecule has 47 valence electrons. The monoisotopic (exact) mass is 323 g/mol. The van der Waals surface area contributed by atoms with Gasteiger partial charge < -0.3 is 27.4 Å². The Bertz CT molecular complexity index is 8.04. The smallest absolute Gasteiger partial charge is 2.00 e. The fourth-order valence-corrected chi connectivity index (χ4v) is 0. The summed E-state index contributed by atoms with van der Waals surface area (Å²) >= 11 is 0. The summed E-state index contributed by atoms with van der Waals surface area (Å²) in [4.78, 5) is 0. The van der Waals surface area contributed by atoms with E-state index in [0.29, 0.717) is 0 Å². The first-order chi connectivity index (χ1) is 0. The van der Waals surface area contributed by atoms with Gasteiger partial charge in [0.15, 0.2) is 0 Å². The molecule has 0 unspecified atom stereocenters. The normalized spacial score (nSPS) is 0. The minimum Gasteiger partial charge on any atom is -2.00 e. The van der Waals surface area contributed by atoms with Crippen molar-refractivity contribution in [1.82, 2.24) is 0 Å². The molecule has 0 aliphatic rings. The van der Waals surface area contributed by atoms with Crippen LogP contribution in [0, 0.1) is 0 Å². The summed E-state index contributed by atoms with van der Waals surface area (Å²) in [5.41, 5.74) is 0. The van der Waals surface area contributed by atoms with Gasteiger partial charge in [0.2, 0.25) is 0 Å². The van der Waals surface area contributed by atoms with Gasteiger partial charge in [0, 0.05) is 0 Å². The fraction of sp³-hybridized carbons (Fsp3) is 0. The van der Waals surface area contributed by atoms with Crippen molar-refractivity contribution in [1.29, 1.82) is 0 Å². The summed E-state index contributed by atoms with van der Waals surface area (Å²) in [6.45, 7) is 0. The Balaban J connectivity index is 0. The van der Waals surface area contributed by atoms with E-state index >= 15 is 0 Å². The second kappa shape index (κ2) is 235. The first-order valence-corrected chi connectivity index (χ1v) is 0. The van der Waals surface area contributed by atoms with E-state index in [1.165, 1.54) is 0 Å². The molecule has 0 aliphatic heterocycles. The maximum atomic E-state index is 0. The molecule has 7 heteroatoms. The van der Waals surface area contributed by atoms with Crippen LogP contribution in [-0.2, 0) is 55.6 Å². The van der Waals surface area contributed by atoms with Gasteiger partial charge in [-0.15, -0.1) is 0 Å². The first-order valence-electron chi connectivity index (χ1n) is 0. The van der Waals surface area contributed by atoms with E-state index < -0.39 is 0 Å². The Morgan fingerprint density at radius 2 is 0.714 bits per heavy atom. The standard InChI is InChI=1S/Co.2H2O.3O.Ta/h;2*1H2;;;;/q+2;;;3*-2;+5/p-1. The van der Waals surface area contributed by atoms with Crippen LogP contribution >= 0.6 is 0 Å². The third-order valence-electron chi connectivity index (χ3n) is 0. The molecule has 0 saturated heterocycles. The second-order valence-electron chi connectivity index (χ2n) is 0. The van der Waals surface area contributed by atoms with E-state index in [1.54, 1.807) is 0 Å². The van der Waals surface area contributed by atoms with Gasteiger partial charge in [0.1, 0.15) is 0 Å². The quantitative estimate of drug-likeness (QED) is 0.532. The van der Waals surface area contributed by atoms with Crippen LogP contribution in [-0.4, -0.2) is 11.0 Å². The molecule has 0 heterocycles. The Kier molecular flexibility index (Phi) is 12300. The van der Waals surface area contributed by atoms with E-state index in [4.69, 9.17) is 0 Å². The van der Waals surface area contributed by atoms with Gasteiger partial charge in [-0.25, -0.2) is 0 Å². The van der Waals surface area contributed by atoms with Crippen LogP contribution in [0.3, 0.4) is 0 Å². The van der Waals surface area contributed by atoms with Gasteiger partial charge in [0.05, 0.1) is 0 Å². The Hall–Kier alpha value is 1.05. The molecule has 0 bridgehead atoms. The average molecular weight is 323 g/mol. The molecular formula is H3CoO5Ta. The van der Waals surface area contributed by atoms with Gasteiger partial charge in [0.25, 0.3) is 0 Å². The molecule has 0 aliphatic carbocycles. The minimum absolute atomic E-state index is 0. The molecule has 0 fully saturated rings. The Morgan fingerprint density at radius 1 is 0.714 bits per heavy atom. The largest absolute Gasteiger partial charge is 5.00 e. The molecule has 0 aromatic rings. The molecular weight excluding hydrogens is 320 g/mol. The summed E-state index contributed by atoms with van der Waals surface area (Å²) < 4.78 is 0. The molecule has 5 nitrogen and oxygen atoms in total. The molecule has 3 N–H and O–H groups in total. The summed E-state index contributed by atoms with van der Waals surface area (Å²) in [6.07, 6.45) is 0. The SMILES string of the molecule is O.[Co+2].[O-2].[O-2].[O-2].[OH-].[Ta+5]. The van der Waals surface area contributed by atoms with Crippen LogP contribution < -0.4 is 0 Å².